The number of ether oxygens (including phenoxy) is 1. The van der Waals surface area contributed by atoms with Crippen molar-refractivity contribution in [1.82, 2.24) is 5.32 Å². The zero-order valence-corrected chi connectivity index (χ0v) is 12.2. The molecular formula is C13H16BrNO3. The maximum absolute atomic E-state index is 11.8. The molecule has 1 N–H and O–H groups in total. The third-order valence-electron chi connectivity index (χ3n) is 2.19. The molecule has 0 radical (unpaired) electrons. The standard InChI is InChI=1S/C13H16BrNO3/c1-8(2)18-12(16)7-15-13(17)11-5-4-10(14)6-9(11)3/h4-6,8H,7H2,1-3H3,(H,15,17). The van der Waals surface area contributed by atoms with Gasteiger partial charge >= 0.3 is 5.97 Å². The molecule has 4 nitrogen and oxygen atoms in total. The van der Waals surface area contributed by atoms with Crippen molar-refractivity contribution in [1.29, 1.82) is 0 Å². The van der Waals surface area contributed by atoms with Crippen molar-refractivity contribution in [2.75, 3.05) is 6.54 Å². The third-order valence-corrected chi connectivity index (χ3v) is 2.69. The zero-order chi connectivity index (χ0) is 13.7. The number of carbonyl (C=O) groups excluding carboxylic acids is 2. The maximum atomic E-state index is 11.8. The molecule has 1 amide bonds. The number of hydrogen-bond acceptors (Lipinski definition) is 3. The van der Waals surface area contributed by atoms with Crippen molar-refractivity contribution in [3.63, 3.8) is 0 Å². The molecule has 0 saturated carbocycles. The van der Waals surface area contributed by atoms with Crippen LogP contribution in [0.3, 0.4) is 0 Å². The Morgan fingerprint density at radius 2 is 2.06 bits per heavy atom. The summed E-state index contributed by atoms with van der Waals surface area (Å²) in [4.78, 5) is 23.1. The smallest absolute Gasteiger partial charge is 0.325 e. The van der Waals surface area contributed by atoms with Crippen molar-refractivity contribution in [2.24, 2.45) is 0 Å². The average molecular weight is 314 g/mol. The lowest BCUT2D eigenvalue weighted by molar-refractivity contribution is -0.146. The van der Waals surface area contributed by atoms with Crippen molar-refractivity contribution in [3.05, 3.63) is 33.8 Å². The molecule has 0 bridgehead atoms. The van der Waals surface area contributed by atoms with Crippen LogP contribution in [0.4, 0.5) is 0 Å². The minimum atomic E-state index is -0.437. The first kappa shape index (κ1) is 14.7. The summed E-state index contributed by atoms with van der Waals surface area (Å²) < 4.78 is 5.84. The highest BCUT2D eigenvalue weighted by Crippen LogP contribution is 2.15. The number of amides is 1. The quantitative estimate of drug-likeness (QED) is 0.869. The van der Waals surface area contributed by atoms with E-state index < -0.39 is 5.97 Å². The lowest BCUT2D eigenvalue weighted by atomic mass is 10.1. The Morgan fingerprint density at radius 1 is 1.39 bits per heavy atom. The van der Waals surface area contributed by atoms with Gasteiger partial charge in [0.2, 0.25) is 0 Å². The number of hydrogen-bond donors (Lipinski definition) is 1. The van der Waals surface area contributed by atoms with Crippen molar-refractivity contribution in [2.45, 2.75) is 26.9 Å². The minimum absolute atomic E-state index is 0.119. The fourth-order valence-electron chi connectivity index (χ4n) is 1.43. The third kappa shape index (κ3) is 4.49. The van der Waals surface area contributed by atoms with Crippen LogP contribution < -0.4 is 5.32 Å². The van der Waals surface area contributed by atoms with E-state index in [1.54, 1.807) is 26.0 Å². The second-order valence-electron chi connectivity index (χ2n) is 4.18. The first-order valence-corrected chi connectivity index (χ1v) is 6.43. The topological polar surface area (TPSA) is 55.4 Å². The molecule has 0 heterocycles. The van der Waals surface area contributed by atoms with Crippen LogP contribution in [0.25, 0.3) is 0 Å². The largest absolute Gasteiger partial charge is 0.462 e. The Morgan fingerprint density at radius 3 is 2.61 bits per heavy atom. The van der Waals surface area contributed by atoms with Gasteiger partial charge in [-0.15, -0.1) is 0 Å². The summed E-state index contributed by atoms with van der Waals surface area (Å²) in [6.45, 7) is 5.25. The molecule has 1 rings (SSSR count). The molecule has 5 heteroatoms. The number of benzene rings is 1. The van der Waals surface area contributed by atoms with Crippen LogP contribution in [0.15, 0.2) is 22.7 Å². The molecule has 98 valence electrons. The normalized spacial score (nSPS) is 10.3. The van der Waals surface area contributed by atoms with Gasteiger partial charge in [-0.05, 0) is 44.5 Å². The van der Waals surface area contributed by atoms with E-state index in [1.807, 2.05) is 13.0 Å². The summed E-state index contributed by atoms with van der Waals surface area (Å²) in [5, 5.41) is 2.54. The van der Waals surface area contributed by atoms with E-state index in [1.165, 1.54) is 0 Å². The van der Waals surface area contributed by atoms with Crippen LogP contribution in [0.1, 0.15) is 29.8 Å². The van der Waals surface area contributed by atoms with E-state index in [-0.39, 0.29) is 18.6 Å². The number of rotatable bonds is 4. The number of nitrogens with one attached hydrogen (secondary N) is 1. The summed E-state index contributed by atoms with van der Waals surface area (Å²) in [5.74, 6) is -0.714. The summed E-state index contributed by atoms with van der Waals surface area (Å²) in [6.07, 6.45) is -0.177. The van der Waals surface area contributed by atoms with Crippen LogP contribution in [0.2, 0.25) is 0 Å². The highest BCUT2D eigenvalue weighted by Gasteiger charge is 2.11. The van der Waals surface area contributed by atoms with E-state index >= 15 is 0 Å². The maximum Gasteiger partial charge on any atom is 0.325 e. The van der Waals surface area contributed by atoms with E-state index in [0.717, 1.165) is 10.0 Å². The van der Waals surface area contributed by atoms with E-state index in [2.05, 4.69) is 21.2 Å². The van der Waals surface area contributed by atoms with Crippen LogP contribution in [-0.2, 0) is 9.53 Å². The first-order valence-electron chi connectivity index (χ1n) is 5.64. The number of esters is 1. The van der Waals surface area contributed by atoms with E-state index in [9.17, 15) is 9.59 Å². The van der Waals surface area contributed by atoms with Crippen LogP contribution in [0.5, 0.6) is 0 Å². The SMILES string of the molecule is Cc1cc(Br)ccc1C(=O)NCC(=O)OC(C)C. The van der Waals surface area contributed by atoms with Crippen LogP contribution >= 0.6 is 15.9 Å². The highest BCUT2D eigenvalue weighted by atomic mass is 79.9. The molecule has 0 aliphatic rings. The minimum Gasteiger partial charge on any atom is -0.462 e. The molecular weight excluding hydrogens is 298 g/mol. The second-order valence-corrected chi connectivity index (χ2v) is 5.10. The molecule has 0 aliphatic carbocycles. The zero-order valence-electron chi connectivity index (χ0n) is 10.6. The van der Waals surface area contributed by atoms with Gasteiger partial charge in [-0.25, -0.2) is 0 Å². The van der Waals surface area contributed by atoms with Crippen molar-refractivity contribution < 1.29 is 14.3 Å². The Kier molecular flexibility index (Phi) is 5.34. The number of carbonyl (C=O) groups is 2. The predicted octanol–water partition coefficient (Wildman–Crippen LogP) is 2.44. The number of aryl methyl sites for hydroxylation is 1. The van der Waals surface area contributed by atoms with Gasteiger partial charge in [-0.3, -0.25) is 9.59 Å². The van der Waals surface area contributed by atoms with Crippen molar-refractivity contribution in [3.8, 4) is 0 Å². The fraction of sp³-hybridized carbons (Fsp3) is 0.385. The van der Waals surface area contributed by atoms with Gasteiger partial charge in [0, 0.05) is 10.0 Å². The van der Waals surface area contributed by atoms with E-state index in [0.29, 0.717) is 5.56 Å². The van der Waals surface area contributed by atoms with Gasteiger partial charge in [-0.1, -0.05) is 15.9 Å². The molecule has 0 aliphatic heterocycles. The highest BCUT2D eigenvalue weighted by molar-refractivity contribution is 9.10. The number of halogens is 1. The Labute approximate surface area is 115 Å². The summed E-state index contributed by atoms with van der Waals surface area (Å²) >= 11 is 3.33. The predicted molar refractivity (Wildman–Crippen MR) is 72.4 cm³/mol. The van der Waals surface area contributed by atoms with E-state index in [4.69, 9.17) is 4.74 Å². The lowest BCUT2D eigenvalue weighted by Gasteiger charge is -2.10. The monoisotopic (exact) mass is 313 g/mol. The molecule has 0 unspecified atom stereocenters. The van der Waals surface area contributed by atoms with Crippen LogP contribution in [-0.4, -0.2) is 24.5 Å². The Hall–Kier alpha value is -1.36. The van der Waals surface area contributed by atoms with Gasteiger partial charge < -0.3 is 10.1 Å². The molecule has 0 fully saturated rings. The fourth-order valence-corrected chi connectivity index (χ4v) is 1.91. The molecule has 1 aromatic carbocycles. The summed E-state index contributed by atoms with van der Waals surface area (Å²) in [7, 11) is 0. The van der Waals surface area contributed by atoms with Crippen LogP contribution in [0, 0.1) is 6.92 Å². The summed E-state index contributed by atoms with van der Waals surface area (Å²) in [6, 6.07) is 5.35. The molecule has 0 atom stereocenters. The molecule has 0 saturated heterocycles. The molecule has 0 aromatic heterocycles. The van der Waals surface area contributed by atoms with Gasteiger partial charge in [0.1, 0.15) is 6.54 Å². The van der Waals surface area contributed by atoms with Gasteiger partial charge in [0.15, 0.2) is 0 Å². The Balaban J connectivity index is 2.58. The van der Waals surface area contributed by atoms with Gasteiger partial charge in [0.05, 0.1) is 6.10 Å². The molecule has 0 spiro atoms. The first-order chi connectivity index (χ1) is 8.40. The Bertz CT molecular complexity index is 458. The summed E-state index contributed by atoms with van der Waals surface area (Å²) in [5.41, 5.74) is 1.40. The molecule has 18 heavy (non-hydrogen) atoms. The molecule has 1 aromatic rings. The lowest BCUT2D eigenvalue weighted by Crippen LogP contribution is -2.32. The van der Waals surface area contributed by atoms with Crippen molar-refractivity contribution >= 4 is 27.8 Å². The van der Waals surface area contributed by atoms with Gasteiger partial charge in [-0.2, -0.15) is 0 Å². The van der Waals surface area contributed by atoms with Gasteiger partial charge in [0.25, 0.3) is 5.91 Å². The average Bonchev–Trinajstić information content (AvgIpc) is 2.25. The second kappa shape index (κ2) is 6.54.